The molecule has 6 aromatic heterocycles. The van der Waals surface area contributed by atoms with E-state index in [9.17, 15) is 0 Å². The molecule has 0 saturated heterocycles. The zero-order valence-corrected chi connectivity index (χ0v) is 20.9. The highest BCUT2D eigenvalue weighted by Gasteiger charge is 2.16. The summed E-state index contributed by atoms with van der Waals surface area (Å²) in [6, 6.07) is 17.6. The van der Waals surface area contributed by atoms with Crippen LogP contribution in [0.25, 0.3) is 48.9 Å². The van der Waals surface area contributed by atoms with Gasteiger partial charge < -0.3 is 0 Å². The fourth-order valence-electron chi connectivity index (χ4n) is 3.16. The van der Waals surface area contributed by atoms with Crippen molar-refractivity contribution in [3.63, 3.8) is 0 Å². The van der Waals surface area contributed by atoms with E-state index in [1.165, 1.54) is 39.0 Å². The number of thiophene rings is 4. The normalized spacial score (nSPS) is 11.7. The molecule has 0 aliphatic heterocycles. The molecular weight excluding hydrogens is 485 g/mol. The second-order valence-electron chi connectivity index (χ2n) is 6.80. The fourth-order valence-corrected chi connectivity index (χ4v) is 9.24. The van der Waals surface area contributed by atoms with E-state index in [1.807, 2.05) is 45.3 Å². The third-order valence-corrected chi connectivity index (χ3v) is 11.5. The van der Waals surface area contributed by atoms with Gasteiger partial charge in [0, 0.05) is 29.3 Å². The molecule has 0 fully saturated rings. The lowest BCUT2D eigenvalue weighted by Crippen LogP contribution is -1.67. The topological polar surface area (TPSA) is 25.8 Å². The molecule has 0 amide bonds. The summed E-state index contributed by atoms with van der Waals surface area (Å²) in [5, 5.41) is 2.14. The van der Waals surface area contributed by atoms with Crippen LogP contribution in [-0.4, -0.2) is 9.97 Å². The van der Waals surface area contributed by atoms with Crippen LogP contribution in [0.15, 0.2) is 48.5 Å². The zero-order valence-electron chi connectivity index (χ0n) is 16.0. The Morgan fingerprint density at radius 1 is 0.433 bits per heavy atom. The van der Waals surface area contributed by atoms with Crippen molar-refractivity contribution in [2.24, 2.45) is 0 Å². The Morgan fingerprint density at radius 3 is 1.20 bits per heavy atom. The monoisotopic (exact) mass is 498 g/mol. The van der Waals surface area contributed by atoms with Gasteiger partial charge in [0.2, 0.25) is 0 Å². The van der Waals surface area contributed by atoms with Gasteiger partial charge in [-0.15, -0.1) is 45.3 Å². The van der Waals surface area contributed by atoms with E-state index in [4.69, 9.17) is 9.97 Å². The Bertz CT molecular complexity index is 1340. The standard InChI is InChI=1S/C22H14N2S6/c1-11-3-5-13(25-11)15-7-9-17(27-15)19-23-21-22(29-19)24-20(30-21)18-10-8-16(28-18)14-6-4-12(2)26-14/h3-10H,1-2H3. The molecule has 6 aromatic rings. The highest BCUT2D eigenvalue weighted by atomic mass is 32.1. The average molecular weight is 499 g/mol. The number of thiazole rings is 2. The second kappa shape index (κ2) is 7.47. The third-order valence-electron chi connectivity index (χ3n) is 4.58. The number of hydrogen-bond donors (Lipinski definition) is 0. The summed E-state index contributed by atoms with van der Waals surface area (Å²) in [7, 11) is 0. The van der Waals surface area contributed by atoms with E-state index in [0.29, 0.717) is 0 Å². The predicted molar refractivity (Wildman–Crippen MR) is 138 cm³/mol. The lowest BCUT2D eigenvalue weighted by molar-refractivity contribution is 1.51. The minimum atomic E-state index is 1.04. The minimum Gasteiger partial charge on any atom is -0.222 e. The molecule has 0 spiro atoms. The number of nitrogens with zero attached hydrogens (tertiary/aromatic N) is 2. The summed E-state index contributed by atoms with van der Waals surface area (Å²) in [6.45, 7) is 4.30. The molecule has 0 atom stereocenters. The van der Waals surface area contributed by atoms with Gasteiger partial charge in [0.25, 0.3) is 0 Å². The van der Waals surface area contributed by atoms with Crippen LogP contribution < -0.4 is 0 Å². The highest BCUT2D eigenvalue weighted by molar-refractivity contribution is 7.33. The number of aryl methyl sites for hydroxylation is 2. The van der Waals surface area contributed by atoms with Crippen LogP contribution in [0.4, 0.5) is 0 Å². The molecule has 0 unspecified atom stereocenters. The zero-order chi connectivity index (χ0) is 20.2. The maximum atomic E-state index is 4.90. The van der Waals surface area contributed by atoms with Crippen LogP contribution in [-0.2, 0) is 0 Å². The van der Waals surface area contributed by atoms with Crippen molar-refractivity contribution in [1.82, 2.24) is 9.97 Å². The quantitative estimate of drug-likeness (QED) is 0.242. The van der Waals surface area contributed by atoms with Crippen molar-refractivity contribution in [2.75, 3.05) is 0 Å². The van der Waals surface area contributed by atoms with Crippen molar-refractivity contribution >= 4 is 77.7 Å². The lowest BCUT2D eigenvalue weighted by Gasteiger charge is -1.91. The van der Waals surface area contributed by atoms with Crippen molar-refractivity contribution in [3.05, 3.63) is 58.3 Å². The Labute approximate surface area is 197 Å². The summed E-state index contributed by atoms with van der Waals surface area (Å²) in [5.74, 6) is 0. The molecule has 0 radical (unpaired) electrons. The van der Waals surface area contributed by atoms with Gasteiger partial charge in [-0.05, 0) is 62.4 Å². The van der Waals surface area contributed by atoms with Gasteiger partial charge in [-0.3, -0.25) is 0 Å². The summed E-state index contributed by atoms with van der Waals surface area (Å²) in [5.41, 5.74) is 0. The van der Waals surface area contributed by atoms with Crippen LogP contribution in [0, 0.1) is 13.8 Å². The molecule has 0 saturated carbocycles. The number of fused-ring (bicyclic) bond motifs is 1. The van der Waals surface area contributed by atoms with E-state index >= 15 is 0 Å². The van der Waals surface area contributed by atoms with Gasteiger partial charge in [0.15, 0.2) is 9.66 Å². The average Bonchev–Trinajstić information content (AvgIpc) is 3.49. The van der Waals surface area contributed by atoms with Gasteiger partial charge in [0.1, 0.15) is 10.0 Å². The van der Waals surface area contributed by atoms with Gasteiger partial charge >= 0.3 is 0 Å². The number of rotatable bonds is 4. The van der Waals surface area contributed by atoms with Crippen LogP contribution >= 0.6 is 68.0 Å². The first-order valence-electron chi connectivity index (χ1n) is 9.24. The molecule has 8 heteroatoms. The summed E-state index contributed by atoms with van der Waals surface area (Å²) >= 11 is 10.7. The number of hydrogen-bond acceptors (Lipinski definition) is 8. The molecule has 0 aromatic carbocycles. The molecular formula is C22H14N2S6. The van der Waals surface area contributed by atoms with Gasteiger partial charge in [-0.25, -0.2) is 9.97 Å². The van der Waals surface area contributed by atoms with E-state index in [0.717, 1.165) is 19.7 Å². The third kappa shape index (κ3) is 3.41. The van der Waals surface area contributed by atoms with E-state index in [2.05, 4.69) is 62.4 Å². The van der Waals surface area contributed by atoms with E-state index in [1.54, 1.807) is 22.7 Å². The van der Waals surface area contributed by atoms with E-state index < -0.39 is 0 Å². The molecule has 0 N–H and O–H groups in total. The smallest absolute Gasteiger partial charge is 0.155 e. The number of aromatic nitrogens is 2. The van der Waals surface area contributed by atoms with Crippen LogP contribution in [0.3, 0.4) is 0 Å². The first-order valence-corrected chi connectivity index (χ1v) is 14.1. The lowest BCUT2D eigenvalue weighted by atomic mass is 10.3. The second-order valence-corrected chi connectivity index (χ2v) is 13.5. The van der Waals surface area contributed by atoms with Crippen LogP contribution in [0.1, 0.15) is 9.75 Å². The Balaban J connectivity index is 1.29. The molecule has 148 valence electrons. The molecule has 6 heterocycles. The first kappa shape index (κ1) is 19.0. The van der Waals surface area contributed by atoms with E-state index in [-0.39, 0.29) is 0 Å². The van der Waals surface area contributed by atoms with Crippen molar-refractivity contribution in [3.8, 4) is 39.3 Å². The Morgan fingerprint density at radius 2 is 0.800 bits per heavy atom. The summed E-state index contributed by atoms with van der Waals surface area (Å²) in [6.07, 6.45) is 0. The van der Waals surface area contributed by atoms with Crippen LogP contribution in [0.5, 0.6) is 0 Å². The minimum absolute atomic E-state index is 1.04. The largest absolute Gasteiger partial charge is 0.222 e. The first-order chi connectivity index (χ1) is 14.6. The molecule has 0 aliphatic carbocycles. The molecule has 2 nitrogen and oxygen atoms in total. The van der Waals surface area contributed by atoms with Crippen molar-refractivity contribution in [1.29, 1.82) is 0 Å². The molecule has 30 heavy (non-hydrogen) atoms. The predicted octanol–water partition coefficient (Wildman–Crippen LogP) is 9.28. The summed E-state index contributed by atoms with van der Waals surface area (Å²) < 4.78 is 0. The fraction of sp³-hybridized carbons (Fsp3) is 0.0909. The van der Waals surface area contributed by atoms with Crippen molar-refractivity contribution in [2.45, 2.75) is 13.8 Å². The SMILES string of the molecule is Cc1ccc(-c2ccc(-c3nc4sc(-c5ccc(-c6ccc(C)s6)s5)nc4s3)s2)s1. The molecule has 0 aliphatic rings. The maximum absolute atomic E-state index is 4.90. The van der Waals surface area contributed by atoms with Gasteiger partial charge in [-0.1, -0.05) is 22.7 Å². The summed E-state index contributed by atoms with van der Waals surface area (Å²) in [4.78, 5) is 22.3. The highest BCUT2D eigenvalue weighted by Crippen LogP contribution is 2.44. The van der Waals surface area contributed by atoms with Gasteiger partial charge in [0.05, 0.1) is 9.75 Å². The Hall–Kier alpha value is -1.68. The van der Waals surface area contributed by atoms with Gasteiger partial charge in [-0.2, -0.15) is 0 Å². The Kier molecular flexibility index (Phi) is 4.74. The van der Waals surface area contributed by atoms with Crippen molar-refractivity contribution < 1.29 is 0 Å². The molecule has 0 bridgehead atoms. The van der Waals surface area contributed by atoms with Crippen LogP contribution in [0.2, 0.25) is 0 Å². The maximum Gasteiger partial charge on any atom is 0.155 e. The molecule has 6 rings (SSSR count).